The van der Waals surface area contributed by atoms with Crippen LogP contribution in [0.2, 0.25) is 0 Å². The van der Waals surface area contributed by atoms with Gasteiger partial charge >= 0.3 is 0 Å². The van der Waals surface area contributed by atoms with Crippen molar-refractivity contribution in [1.29, 1.82) is 0 Å². The van der Waals surface area contributed by atoms with Crippen molar-refractivity contribution >= 4 is 0 Å². The summed E-state index contributed by atoms with van der Waals surface area (Å²) in [5, 5.41) is 0. The molecule has 2 heteroatoms. The number of rotatable bonds is 4. The Kier molecular flexibility index (Phi) is 3.91. The van der Waals surface area contributed by atoms with Crippen molar-refractivity contribution in [3.8, 4) is 0 Å². The SMILES string of the molecule is CN(C)C(C)(C)CCCN. The molecule has 0 aromatic heterocycles. The van der Waals surface area contributed by atoms with Crippen LogP contribution in [0.4, 0.5) is 0 Å². The van der Waals surface area contributed by atoms with Crippen LogP contribution in [-0.2, 0) is 0 Å². The first kappa shape index (κ1) is 9.92. The molecular formula is C8H20N2. The summed E-state index contributed by atoms with van der Waals surface area (Å²) in [6.45, 7) is 5.28. The predicted molar refractivity (Wildman–Crippen MR) is 46.1 cm³/mol. The fraction of sp³-hybridized carbons (Fsp3) is 1.00. The van der Waals surface area contributed by atoms with E-state index in [0.29, 0.717) is 5.54 Å². The quantitative estimate of drug-likeness (QED) is 0.639. The molecular weight excluding hydrogens is 124 g/mol. The number of nitrogens with two attached hydrogens (primary N) is 1. The molecule has 0 heterocycles. The Morgan fingerprint density at radius 1 is 1.30 bits per heavy atom. The van der Waals surface area contributed by atoms with E-state index in [1.807, 2.05) is 0 Å². The van der Waals surface area contributed by atoms with Crippen molar-refractivity contribution in [2.45, 2.75) is 32.2 Å². The minimum atomic E-state index is 0.305. The molecule has 2 nitrogen and oxygen atoms in total. The third-order valence-corrected chi connectivity index (χ3v) is 2.20. The normalized spacial score (nSPS) is 12.6. The van der Waals surface area contributed by atoms with E-state index in [1.165, 1.54) is 6.42 Å². The molecule has 0 bridgehead atoms. The number of hydrogen-bond acceptors (Lipinski definition) is 2. The van der Waals surface area contributed by atoms with Crippen LogP contribution in [0, 0.1) is 0 Å². The fourth-order valence-corrected chi connectivity index (χ4v) is 0.758. The molecule has 0 aromatic carbocycles. The molecule has 0 aliphatic rings. The van der Waals surface area contributed by atoms with E-state index >= 15 is 0 Å². The van der Waals surface area contributed by atoms with Gasteiger partial charge in [-0.3, -0.25) is 0 Å². The highest BCUT2D eigenvalue weighted by molar-refractivity contribution is 4.76. The van der Waals surface area contributed by atoms with E-state index in [9.17, 15) is 0 Å². The average Bonchev–Trinajstić information content (AvgIpc) is 1.84. The monoisotopic (exact) mass is 144 g/mol. The molecule has 0 saturated heterocycles. The molecule has 0 rings (SSSR count). The van der Waals surface area contributed by atoms with Gasteiger partial charge in [-0.15, -0.1) is 0 Å². The molecule has 10 heavy (non-hydrogen) atoms. The lowest BCUT2D eigenvalue weighted by atomic mass is 9.97. The summed E-state index contributed by atoms with van der Waals surface area (Å²) < 4.78 is 0. The summed E-state index contributed by atoms with van der Waals surface area (Å²) in [4.78, 5) is 2.24. The molecule has 0 aliphatic carbocycles. The van der Waals surface area contributed by atoms with Gasteiger partial charge in [0.1, 0.15) is 0 Å². The second kappa shape index (κ2) is 3.94. The molecule has 0 radical (unpaired) electrons. The van der Waals surface area contributed by atoms with E-state index < -0.39 is 0 Å². The number of nitrogens with zero attached hydrogens (tertiary/aromatic N) is 1. The van der Waals surface area contributed by atoms with Crippen molar-refractivity contribution in [3.05, 3.63) is 0 Å². The third kappa shape index (κ3) is 3.18. The molecule has 62 valence electrons. The van der Waals surface area contributed by atoms with Crippen molar-refractivity contribution in [3.63, 3.8) is 0 Å². The van der Waals surface area contributed by atoms with E-state index in [0.717, 1.165) is 13.0 Å². The predicted octanol–water partition coefficient (Wildman–Crippen LogP) is 1.07. The van der Waals surface area contributed by atoms with Crippen LogP contribution in [0.3, 0.4) is 0 Å². The summed E-state index contributed by atoms with van der Waals surface area (Å²) in [5.41, 5.74) is 5.72. The summed E-state index contributed by atoms with van der Waals surface area (Å²) in [6.07, 6.45) is 2.29. The third-order valence-electron chi connectivity index (χ3n) is 2.20. The van der Waals surface area contributed by atoms with Crippen LogP contribution in [0.15, 0.2) is 0 Å². The highest BCUT2D eigenvalue weighted by Crippen LogP contribution is 2.16. The lowest BCUT2D eigenvalue weighted by Crippen LogP contribution is -2.38. The van der Waals surface area contributed by atoms with E-state index in [4.69, 9.17) is 5.73 Å². The zero-order valence-corrected chi connectivity index (χ0v) is 7.65. The van der Waals surface area contributed by atoms with Crippen LogP contribution in [-0.4, -0.2) is 31.1 Å². The molecule has 0 spiro atoms. The van der Waals surface area contributed by atoms with Crippen LogP contribution in [0.1, 0.15) is 26.7 Å². The van der Waals surface area contributed by atoms with Gasteiger partial charge in [0.25, 0.3) is 0 Å². The maximum atomic E-state index is 5.42. The summed E-state index contributed by atoms with van der Waals surface area (Å²) >= 11 is 0. The standard InChI is InChI=1S/C8H20N2/c1-8(2,10(3)4)6-5-7-9/h5-7,9H2,1-4H3. The Bertz CT molecular complexity index is 87.3. The summed E-state index contributed by atoms with van der Waals surface area (Å²) in [5.74, 6) is 0. The fourth-order valence-electron chi connectivity index (χ4n) is 0.758. The Labute approximate surface area is 64.4 Å². The molecule has 0 aliphatic heterocycles. The molecule has 2 N–H and O–H groups in total. The molecule has 0 saturated carbocycles. The van der Waals surface area contributed by atoms with Crippen LogP contribution in [0.5, 0.6) is 0 Å². The molecule has 0 atom stereocenters. The topological polar surface area (TPSA) is 29.3 Å². The second-order valence-electron chi connectivity index (χ2n) is 3.60. The van der Waals surface area contributed by atoms with E-state index in [2.05, 4.69) is 32.8 Å². The molecule has 0 aromatic rings. The minimum Gasteiger partial charge on any atom is -0.330 e. The van der Waals surface area contributed by atoms with Gasteiger partial charge in [0.2, 0.25) is 0 Å². The highest BCUT2D eigenvalue weighted by atomic mass is 15.1. The smallest absolute Gasteiger partial charge is 0.0147 e. The van der Waals surface area contributed by atoms with Crippen molar-refractivity contribution in [1.82, 2.24) is 4.90 Å². The Morgan fingerprint density at radius 2 is 1.80 bits per heavy atom. The lowest BCUT2D eigenvalue weighted by molar-refractivity contribution is 0.180. The maximum Gasteiger partial charge on any atom is 0.0147 e. The Morgan fingerprint density at radius 3 is 2.10 bits per heavy atom. The maximum absolute atomic E-state index is 5.42. The lowest BCUT2D eigenvalue weighted by Gasteiger charge is -2.32. The average molecular weight is 144 g/mol. The van der Waals surface area contributed by atoms with Crippen LogP contribution < -0.4 is 5.73 Å². The zero-order valence-electron chi connectivity index (χ0n) is 7.65. The Balaban J connectivity index is 3.63. The highest BCUT2D eigenvalue weighted by Gasteiger charge is 2.18. The zero-order chi connectivity index (χ0) is 8.20. The first-order chi connectivity index (χ1) is 4.50. The minimum absolute atomic E-state index is 0.305. The van der Waals surface area contributed by atoms with Gasteiger partial charge in [-0.2, -0.15) is 0 Å². The Hall–Kier alpha value is -0.0800. The molecule has 0 unspecified atom stereocenters. The molecule has 0 amide bonds. The van der Waals surface area contributed by atoms with Crippen molar-refractivity contribution in [2.24, 2.45) is 5.73 Å². The first-order valence-corrected chi connectivity index (χ1v) is 3.88. The van der Waals surface area contributed by atoms with Crippen molar-refractivity contribution in [2.75, 3.05) is 20.6 Å². The first-order valence-electron chi connectivity index (χ1n) is 3.88. The van der Waals surface area contributed by atoms with Crippen molar-refractivity contribution < 1.29 is 0 Å². The van der Waals surface area contributed by atoms with Crippen LogP contribution >= 0.6 is 0 Å². The van der Waals surface area contributed by atoms with Gasteiger partial charge in [-0.05, 0) is 47.3 Å². The van der Waals surface area contributed by atoms with Gasteiger partial charge in [-0.1, -0.05) is 0 Å². The van der Waals surface area contributed by atoms with E-state index in [1.54, 1.807) is 0 Å². The summed E-state index contributed by atoms with van der Waals surface area (Å²) in [6, 6.07) is 0. The van der Waals surface area contributed by atoms with Crippen LogP contribution in [0.25, 0.3) is 0 Å². The van der Waals surface area contributed by atoms with E-state index in [-0.39, 0.29) is 0 Å². The van der Waals surface area contributed by atoms with Gasteiger partial charge in [0.05, 0.1) is 0 Å². The van der Waals surface area contributed by atoms with Gasteiger partial charge in [0, 0.05) is 5.54 Å². The largest absolute Gasteiger partial charge is 0.330 e. The van der Waals surface area contributed by atoms with Gasteiger partial charge < -0.3 is 10.6 Å². The second-order valence-corrected chi connectivity index (χ2v) is 3.60. The summed E-state index contributed by atoms with van der Waals surface area (Å²) in [7, 11) is 4.22. The molecule has 0 fully saturated rings. The number of hydrogen-bond donors (Lipinski definition) is 1. The van der Waals surface area contributed by atoms with Gasteiger partial charge in [-0.25, -0.2) is 0 Å². The van der Waals surface area contributed by atoms with Gasteiger partial charge in [0.15, 0.2) is 0 Å².